The van der Waals surface area contributed by atoms with E-state index < -0.39 is 18.4 Å². The third-order valence-electron chi connectivity index (χ3n) is 5.51. The lowest BCUT2D eigenvalue weighted by atomic mass is 9.83. The Morgan fingerprint density at radius 2 is 2.18 bits per heavy atom. The summed E-state index contributed by atoms with van der Waals surface area (Å²) in [5, 5.41) is 29.9. The first-order valence-corrected chi connectivity index (χ1v) is 10.8. The molecule has 0 saturated carbocycles. The Labute approximate surface area is 195 Å². The van der Waals surface area contributed by atoms with Crippen LogP contribution in [-0.2, 0) is 12.0 Å². The number of aliphatic hydroxyl groups is 1. The molecule has 1 aromatic carbocycles. The summed E-state index contributed by atoms with van der Waals surface area (Å²) in [4.78, 5) is 8.78. The maximum absolute atomic E-state index is 12.8. The van der Waals surface area contributed by atoms with Crippen molar-refractivity contribution < 1.29 is 18.6 Å². The standard InChI is InChI=1S/C23H25F2N7O2/c1-13(2)34-21-18(9-32(31-21)10-19(24)25)30-22-27-5-4-17(29-22)14-6-15(8-26)20-16(7-14)23(3,12-33)11-28-20/h4-7,9,13,19,28,33H,10-12H2,1-3H3,(H,27,29,30). The molecule has 1 unspecified atom stereocenters. The van der Waals surface area contributed by atoms with Gasteiger partial charge in [-0.25, -0.2) is 18.7 Å². The summed E-state index contributed by atoms with van der Waals surface area (Å²) in [7, 11) is 0. The highest BCUT2D eigenvalue weighted by atomic mass is 19.3. The molecular weight excluding hydrogens is 444 g/mol. The smallest absolute Gasteiger partial charge is 0.257 e. The predicted octanol–water partition coefficient (Wildman–Crippen LogP) is 3.68. The molecule has 1 atom stereocenters. The number of hydrogen-bond acceptors (Lipinski definition) is 8. The molecule has 0 aliphatic carbocycles. The number of alkyl halides is 2. The van der Waals surface area contributed by atoms with Crippen LogP contribution < -0.4 is 15.4 Å². The first-order valence-electron chi connectivity index (χ1n) is 10.8. The van der Waals surface area contributed by atoms with Crippen LogP contribution in [0, 0.1) is 11.3 Å². The summed E-state index contributed by atoms with van der Waals surface area (Å²) < 4.78 is 32.4. The van der Waals surface area contributed by atoms with E-state index in [0.29, 0.717) is 29.1 Å². The molecule has 3 N–H and O–H groups in total. The van der Waals surface area contributed by atoms with Crippen LogP contribution in [0.15, 0.2) is 30.6 Å². The number of benzene rings is 1. The monoisotopic (exact) mass is 469 g/mol. The van der Waals surface area contributed by atoms with Crippen LogP contribution in [-0.4, -0.2) is 50.5 Å². The lowest BCUT2D eigenvalue weighted by Crippen LogP contribution is -2.28. The number of fused-ring (bicyclic) bond motifs is 1. The first-order chi connectivity index (χ1) is 16.2. The number of rotatable bonds is 8. The van der Waals surface area contributed by atoms with Crippen molar-refractivity contribution in [2.75, 3.05) is 23.8 Å². The maximum Gasteiger partial charge on any atom is 0.257 e. The molecular formula is C23H25F2N7O2. The van der Waals surface area contributed by atoms with Gasteiger partial charge in [0, 0.05) is 23.7 Å². The molecule has 1 aliphatic rings. The summed E-state index contributed by atoms with van der Waals surface area (Å²) in [6.45, 7) is 5.43. The minimum absolute atomic E-state index is 0.0703. The van der Waals surface area contributed by atoms with Crippen LogP contribution in [0.3, 0.4) is 0 Å². The van der Waals surface area contributed by atoms with Gasteiger partial charge >= 0.3 is 0 Å². The fraction of sp³-hybridized carbons (Fsp3) is 0.391. The van der Waals surface area contributed by atoms with Crippen LogP contribution in [0.1, 0.15) is 31.9 Å². The van der Waals surface area contributed by atoms with Crippen LogP contribution in [0.2, 0.25) is 0 Å². The summed E-state index contributed by atoms with van der Waals surface area (Å²) in [6, 6.07) is 7.55. The molecule has 178 valence electrons. The SMILES string of the molecule is CC(C)Oc1nn(CC(F)F)cc1Nc1nccc(-c2cc(C#N)c3c(c2)C(C)(CO)CN3)n1. The second kappa shape index (κ2) is 9.23. The number of nitrogens with zero attached hydrogens (tertiary/aromatic N) is 5. The number of aromatic nitrogens is 4. The van der Waals surface area contributed by atoms with Gasteiger partial charge in [-0.05, 0) is 37.6 Å². The lowest BCUT2D eigenvalue weighted by Gasteiger charge is -2.21. The van der Waals surface area contributed by atoms with E-state index in [0.717, 1.165) is 15.9 Å². The van der Waals surface area contributed by atoms with Crippen LogP contribution in [0.4, 0.5) is 26.1 Å². The van der Waals surface area contributed by atoms with E-state index in [9.17, 15) is 19.1 Å². The van der Waals surface area contributed by atoms with Crippen LogP contribution in [0.5, 0.6) is 5.88 Å². The quantitative estimate of drug-likeness (QED) is 0.457. The second-order valence-electron chi connectivity index (χ2n) is 8.65. The molecule has 3 aromatic rings. The van der Waals surface area contributed by atoms with Crippen LogP contribution in [0.25, 0.3) is 11.3 Å². The number of hydrogen-bond donors (Lipinski definition) is 3. The van der Waals surface area contributed by atoms with Crippen molar-refractivity contribution in [2.24, 2.45) is 0 Å². The molecule has 0 spiro atoms. The van der Waals surface area contributed by atoms with Gasteiger partial charge in [-0.3, -0.25) is 4.68 Å². The predicted molar refractivity (Wildman–Crippen MR) is 122 cm³/mol. The Balaban J connectivity index is 1.69. The largest absolute Gasteiger partial charge is 0.472 e. The van der Waals surface area contributed by atoms with Crippen molar-refractivity contribution in [3.05, 3.63) is 41.7 Å². The second-order valence-corrected chi connectivity index (χ2v) is 8.65. The Morgan fingerprint density at radius 3 is 2.85 bits per heavy atom. The fourth-order valence-corrected chi connectivity index (χ4v) is 3.80. The minimum Gasteiger partial charge on any atom is -0.472 e. The third-order valence-corrected chi connectivity index (χ3v) is 5.51. The Hall–Kier alpha value is -3.78. The van der Waals surface area contributed by atoms with Gasteiger partial charge in [0.2, 0.25) is 5.95 Å². The van der Waals surface area contributed by atoms with E-state index in [1.165, 1.54) is 6.20 Å². The number of nitriles is 1. The van der Waals surface area contributed by atoms with Crippen molar-refractivity contribution >= 4 is 17.3 Å². The molecule has 11 heteroatoms. The van der Waals surface area contributed by atoms with Gasteiger partial charge in [0.1, 0.15) is 18.3 Å². The minimum atomic E-state index is -2.56. The Bertz CT molecular complexity index is 1240. The van der Waals surface area contributed by atoms with Gasteiger partial charge in [-0.15, -0.1) is 5.10 Å². The van der Waals surface area contributed by atoms with Crippen molar-refractivity contribution in [3.63, 3.8) is 0 Å². The molecule has 0 fully saturated rings. The average molecular weight is 469 g/mol. The number of nitrogens with one attached hydrogen (secondary N) is 2. The number of ether oxygens (including phenoxy) is 1. The van der Waals surface area contributed by atoms with E-state index in [1.54, 1.807) is 18.3 Å². The molecule has 1 aliphatic heterocycles. The average Bonchev–Trinajstić information content (AvgIpc) is 3.33. The highest BCUT2D eigenvalue weighted by molar-refractivity contribution is 5.76. The zero-order valence-corrected chi connectivity index (χ0v) is 19.0. The van der Waals surface area contributed by atoms with Crippen molar-refractivity contribution in [1.82, 2.24) is 19.7 Å². The molecule has 0 radical (unpaired) electrons. The summed E-state index contributed by atoms with van der Waals surface area (Å²) in [5.74, 6) is 0.378. The third kappa shape index (κ3) is 4.63. The zero-order valence-electron chi connectivity index (χ0n) is 19.0. The molecule has 0 bridgehead atoms. The molecule has 4 rings (SSSR count). The summed E-state index contributed by atoms with van der Waals surface area (Å²) in [6.07, 6.45) is 0.196. The highest BCUT2D eigenvalue weighted by Gasteiger charge is 2.36. The van der Waals surface area contributed by atoms with Gasteiger partial charge in [-0.2, -0.15) is 5.26 Å². The summed E-state index contributed by atoms with van der Waals surface area (Å²) in [5.41, 5.74) is 3.10. The van der Waals surface area contributed by atoms with Gasteiger partial charge in [0.15, 0.2) is 0 Å². The first kappa shape index (κ1) is 23.4. The molecule has 9 nitrogen and oxygen atoms in total. The van der Waals surface area contributed by atoms with Gasteiger partial charge in [0.25, 0.3) is 12.3 Å². The fourth-order valence-electron chi connectivity index (χ4n) is 3.80. The Kier molecular flexibility index (Phi) is 6.34. The number of anilines is 3. The van der Waals surface area contributed by atoms with Crippen molar-refractivity contribution in [3.8, 4) is 23.2 Å². The molecule has 0 amide bonds. The summed E-state index contributed by atoms with van der Waals surface area (Å²) >= 11 is 0. The number of aliphatic hydroxyl groups excluding tert-OH is 1. The molecule has 3 heterocycles. The van der Waals surface area contributed by atoms with Crippen molar-refractivity contribution in [2.45, 2.75) is 45.3 Å². The van der Waals surface area contributed by atoms with E-state index in [-0.39, 0.29) is 24.5 Å². The van der Waals surface area contributed by atoms with Crippen molar-refractivity contribution in [1.29, 1.82) is 5.26 Å². The van der Waals surface area contributed by atoms with E-state index >= 15 is 0 Å². The van der Waals surface area contributed by atoms with E-state index in [2.05, 4.69) is 31.8 Å². The van der Waals surface area contributed by atoms with Gasteiger partial charge < -0.3 is 20.5 Å². The Morgan fingerprint density at radius 1 is 1.38 bits per heavy atom. The van der Waals surface area contributed by atoms with E-state index in [1.807, 2.05) is 26.8 Å². The van der Waals surface area contributed by atoms with Crippen LogP contribution >= 0.6 is 0 Å². The highest BCUT2D eigenvalue weighted by Crippen LogP contribution is 2.41. The zero-order chi connectivity index (χ0) is 24.5. The van der Waals surface area contributed by atoms with Gasteiger partial charge in [0.05, 0.1) is 35.9 Å². The molecule has 0 saturated heterocycles. The lowest BCUT2D eigenvalue weighted by molar-refractivity contribution is 0.120. The number of halogens is 2. The maximum atomic E-state index is 12.8. The topological polar surface area (TPSA) is 121 Å². The normalized spacial score (nSPS) is 16.9. The van der Waals surface area contributed by atoms with Gasteiger partial charge in [-0.1, -0.05) is 6.92 Å². The van der Waals surface area contributed by atoms with E-state index in [4.69, 9.17) is 4.74 Å². The molecule has 2 aromatic heterocycles. The molecule has 34 heavy (non-hydrogen) atoms.